The molecule has 0 bridgehead atoms. The van der Waals surface area contributed by atoms with Crippen molar-refractivity contribution in [3.05, 3.63) is 36.5 Å². The Morgan fingerprint density at radius 1 is 1.39 bits per heavy atom. The number of hydrogen-bond donors (Lipinski definition) is 1. The highest BCUT2D eigenvalue weighted by atomic mass is 16.5. The molecule has 1 unspecified atom stereocenters. The lowest BCUT2D eigenvalue weighted by Gasteiger charge is -2.29. The molecule has 2 heterocycles. The third-order valence-electron chi connectivity index (χ3n) is 4.03. The summed E-state index contributed by atoms with van der Waals surface area (Å²) in [5, 5.41) is 13.0. The molecule has 1 saturated heterocycles. The van der Waals surface area contributed by atoms with E-state index in [0.717, 1.165) is 13.0 Å². The van der Waals surface area contributed by atoms with E-state index in [1.165, 1.54) is 10.9 Å². The van der Waals surface area contributed by atoms with Crippen molar-refractivity contribution >= 4 is 16.9 Å². The molecule has 1 aliphatic rings. The van der Waals surface area contributed by atoms with Gasteiger partial charge in [0.25, 0.3) is 0 Å². The summed E-state index contributed by atoms with van der Waals surface area (Å²) < 4.78 is 7.43. The lowest BCUT2D eigenvalue weighted by molar-refractivity contribution is 0.0157. The van der Waals surface area contributed by atoms with Gasteiger partial charge in [0.2, 0.25) is 0 Å². The SMILES string of the molecule is N#CC1CN(C(=O)NCCCn2ccc3ccccc32)CCO1. The number of hydrogen-bond acceptors (Lipinski definition) is 3. The highest BCUT2D eigenvalue weighted by molar-refractivity contribution is 5.79. The Kier molecular flexibility index (Phi) is 4.79. The Balaban J connectivity index is 1.44. The molecule has 1 aromatic carbocycles. The zero-order chi connectivity index (χ0) is 16.1. The van der Waals surface area contributed by atoms with E-state index in [1.54, 1.807) is 4.90 Å². The van der Waals surface area contributed by atoms with E-state index < -0.39 is 6.10 Å². The standard InChI is InChI=1S/C17H20N4O2/c18-12-15-13-21(10-11-23-15)17(22)19-7-3-8-20-9-6-14-4-1-2-5-16(14)20/h1-2,4-6,9,15H,3,7-8,10-11,13H2,(H,19,22). The van der Waals surface area contributed by atoms with Crippen LogP contribution in [0.25, 0.3) is 10.9 Å². The zero-order valence-electron chi connectivity index (χ0n) is 12.9. The van der Waals surface area contributed by atoms with Crippen LogP contribution in [0, 0.1) is 11.3 Å². The molecule has 1 N–H and O–H groups in total. The van der Waals surface area contributed by atoms with Crippen LogP contribution in [0.5, 0.6) is 0 Å². The zero-order valence-corrected chi connectivity index (χ0v) is 12.9. The number of ether oxygens (including phenoxy) is 1. The van der Waals surface area contributed by atoms with Gasteiger partial charge in [0.05, 0.1) is 19.2 Å². The minimum absolute atomic E-state index is 0.120. The van der Waals surface area contributed by atoms with Crippen LogP contribution >= 0.6 is 0 Å². The second-order valence-electron chi connectivity index (χ2n) is 5.59. The predicted octanol–water partition coefficient (Wildman–Crippen LogP) is 1.97. The number of nitrogens with one attached hydrogen (secondary N) is 1. The van der Waals surface area contributed by atoms with Gasteiger partial charge in [-0.2, -0.15) is 5.26 Å². The molecule has 0 radical (unpaired) electrons. The summed E-state index contributed by atoms with van der Waals surface area (Å²) in [6, 6.07) is 12.3. The van der Waals surface area contributed by atoms with Gasteiger partial charge >= 0.3 is 6.03 Å². The predicted molar refractivity (Wildman–Crippen MR) is 86.9 cm³/mol. The third-order valence-corrected chi connectivity index (χ3v) is 4.03. The van der Waals surface area contributed by atoms with Gasteiger partial charge in [-0.3, -0.25) is 0 Å². The summed E-state index contributed by atoms with van der Waals surface area (Å²) in [5.41, 5.74) is 1.21. The fraction of sp³-hybridized carbons (Fsp3) is 0.412. The van der Waals surface area contributed by atoms with Crippen LogP contribution in [0.4, 0.5) is 4.79 Å². The van der Waals surface area contributed by atoms with E-state index in [2.05, 4.69) is 34.3 Å². The van der Waals surface area contributed by atoms with E-state index in [4.69, 9.17) is 10.00 Å². The lowest BCUT2D eigenvalue weighted by Crippen LogP contribution is -2.49. The topological polar surface area (TPSA) is 70.3 Å². The molecule has 6 heteroatoms. The molecular formula is C17H20N4O2. The van der Waals surface area contributed by atoms with Crippen molar-refractivity contribution in [2.24, 2.45) is 0 Å². The monoisotopic (exact) mass is 312 g/mol. The van der Waals surface area contributed by atoms with Crippen molar-refractivity contribution < 1.29 is 9.53 Å². The molecule has 1 atom stereocenters. The molecular weight excluding hydrogens is 292 g/mol. The van der Waals surface area contributed by atoms with Crippen molar-refractivity contribution in [2.75, 3.05) is 26.2 Å². The lowest BCUT2D eigenvalue weighted by atomic mass is 10.2. The number of nitrogens with zero attached hydrogens (tertiary/aromatic N) is 3. The van der Waals surface area contributed by atoms with E-state index in [9.17, 15) is 4.79 Å². The largest absolute Gasteiger partial charge is 0.360 e. The van der Waals surface area contributed by atoms with E-state index in [1.807, 2.05) is 18.2 Å². The Morgan fingerprint density at radius 3 is 3.13 bits per heavy atom. The second kappa shape index (κ2) is 7.16. The van der Waals surface area contributed by atoms with E-state index in [-0.39, 0.29) is 6.03 Å². The first-order valence-corrected chi connectivity index (χ1v) is 7.86. The van der Waals surface area contributed by atoms with Crippen LogP contribution < -0.4 is 5.32 Å². The van der Waals surface area contributed by atoms with Crippen LogP contribution in [0.2, 0.25) is 0 Å². The molecule has 2 aromatic rings. The van der Waals surface area contributed by atoms with Crippen LogP contribution in [-0.4, -0.2) is 47.8 Å². The number of urea groups is 1. The molecule has 120 valence electrons. The first kappa shape index (κ1) is 15.4. The number of morpholine rings is 1. The van der Waals surface area contributed by atoms with Gasteiger partial charge in [0, 0.05) is 31.3 Å². The van der Waals surface area contributed by atoms with Crippen molar-refractivity contribution in [3.63, 3.8) is 0 Å². The highest BCUT2D eigenvalue weighted by Crippen LogP contribution is 2.15. The van der Waals surface area contributed by atoms with Gasteiger partial charge in [-0.15, -0.1) is 0 Å². The Hall–Kier alpha value is -2.52. The van der Waals surface area contributed by atoms with Gasteiger partial charge < -0.3 is 19.5 Å². The number of rotatable bonds is 4. The van der Waals surface area contributed by atoms with Crippen LogP contribution in [-0.2, 0) is 11.3 Å². The molecule has 3 rings (SSSR count). The summed E-state index contributed by atoms with van der Waals surface area (Å²) in [7, 11) is 0. The average Bonchev–Trinajstić information content (AvgIpc) is 3.02. The van der Waals surface area contributed by atoms with Gasteiger partial charge in [-0.1, -0.05) is 18.2 Å². The second-order valence-corrected chi connectivity index (χ2v) is 5.59. The van der Waals surface area contributed by atoms with Crippen molar-refractivity contribution in [1.29, 1.82) is 5.26 Å². The number of aromatic nitrogens is 1. The van der Waals surface area contributed by atoms with Crippen molar-refractivity contribution in [3.8, 4) is 6.07 Å². The van der Waals surface area contributed by atoms with Gasteiger partial charge in [-0.05, 0) is 23.9 Å². The summed E-state index contributed by atoms with van der Waals surface area (Å²) in [4.78, 5) is 13.7. The molecule has 6 nitrogen and oxygen atoms in total. The van der Waals surface area contributed by atoms with Crippen LogP contribution in [0.1, 0.15) is 6.42 Å². The van der Waals surface area contributed by atoms with Gasteiger partial charge in [-0.25, -0.2) is 4.79 Å². The molecule has 1 aliphatic heterocycles. The summed E-state index contributed by atoms with van der Waals surface area (Å²) in [6.45, 7) is 2.76. The number of carbonyl (C=O) groups excluding carboxylic acids is 1. The quantitative estimate of drug-likeness (QED) is 0.877. The average molecular weight is 312 g/mol. The number of para-hydroxylation sites is 1. The maximum Gasteiger partial charge on any atom is 0.317 e. The van der Waals surface area contributed by atoms with Crippen LogP contribution in [0.3, 0.4) is 0 Å². The minimum atomic E-state index is -0.513. The smallest absolute Gasteiger partial charge is 0.317 e. The number of benzene rings is 1. The molecule has 0 spiro atoms. The molecule has 2 amide bonds. The highest BCUT2D eigenvalue weighted by Gasteiger charge is 2.23. The Bertz CT molecular complexity index is 719. The summed E-state index contributed by atoms with van der Waals surface area (Å²) >= 11 is 0. The Morgan fingerprint density at radius 2 is 2.26 bits per heavy atom. The van der Waals surface area contributed by atoms with Crippen LogP contribution in [0.15, 0.2) is 36.5 Å². The molecule has 0 aliphatic carbocycles. The first-order valence-electron chi connectivity index (χ1n) is 7.86. The molecule has 1 aromatic heterocycles. The molecule has 1 fully saturated rings. The summed E-state index contributed by atoms with van der Waals surface area (Å²) in [5.74, 6) is 0. The van der Waals surface area contributed by atoms with Crippen molar-refractivity contribution in [2.45, 2.75) is 19.1 Å². The maximum atomic E-state index is 12.1. The first-order chi connectivity index (χ1) is 11.3. The normalized spacial score (nSPS) is 17.9. The number of fused-ring (bicyclic) bond motifs is 1. The van der Waals surface area contributed by atoms with Gasteiger partial charge in [0.1, 0.15) is 0 Å². The number of carbonyl (C=O) groups is 1. The fourth-order valence-electron chi connectivity index (χ4n) is 2.80. The van der Waals surface area contributed by atoms with Gasteiger partial charge in [0.15, 0.2) is 6.10 Å². The molecule has 0 saturated carbocycles. The number of aryl methyl sites for hydroxylation is 1. The summed E-state index contributed by atoms with van der Waals surface area (Å²) in [6.07, 6.45) is 2.42. The fourth-order valence-corrected chi connectivity index (χ4v) is 2.80. The number of amides is 2. The minimum Gasteiger partial charge on any atom is -0.360 e. The van der Waals surface area contributed by atoms with E-state index >= 15 is 0 Å². The molecule has 23 heavy (non-hydrogen) atoms. The maximum absolute atomic E-state index is 12.1. The third kappa shape index (κ3) is 3.63. The number of nitriles is 1. The van der Waals surface area contributed by atoms with E-state index in [0.29, 0.717) is 26.2 Å². The Labute approximate surface area is 135 Å². The van der Waals surface area contributed by atoms with Crippen molar-refractivity contribution in [1.82, 2.24) is 14.8 Å².